The summed E-state index contributed by atoms with van der Waals surface area (Å²) < 4.78 is 5.26. The van der Waals surface area contributed by atoms with Gasteiger partial charge in [0.25, 0.3) is 5.91 Å². The topological polar surface area (TPSA) is 64.3 Å². The molecule has 0 fully saturated rings. The molecular formula is C13H17ClN2O2. The third-order valence-corrected chi connectivity index (χ3v) is 2.37. The van der Waals surface area contributed by atoms with Gasteiger partial charge in [0, 0.05) is 17.3 Å². The molecule has 1 rings (SSSR count). The second kappa shape index (κ2) is 7.03. The molecule has 0 unspecified atom stereocenters. The number of halogens is 1. The summed E-state index contributed by atoms with van der Waals surface area (Å²) in [6, 6.07) is 4.78. The zero-order chi connectivity index (χ0) is 13.5. The standard InChI is InChI=1S/C13H17ClN2O2/c1-9(2)8-18-6-5-16-13(17)11-4-3-10(14)7-12(11)15/h3-4,7H,1,5-6,8,15H2,2H3,(H,16,17). The van der Waals surface area contributed by atoms with E-state index in [-0.39, 0.29) is 5.91 Å². The first-order valence-corrected chi connectivity index (χ1v) is 5.94. The normalized spacial score (nSPS) is 10.1. The van der Waals surface area contributed by atoms with E-state index < -0.39 is 0 Å². The Kier molecular flexibility index (Phi) is 5.68. The first kappa shape index (κ1) is 14.5. The van der Waals surface area contributed by atoms with E-state index in [1.165, 1.54) is 0 Å². The van der Waals surface area contributed by atoms with Gasteiger partial charge in [0.2, 0.25) is 0 Å². The molecular weight excluding hydrogens is 252 g/mol. The molecule has 0 aliphatic carbocycles. The van der Waals surface area contributed by atoms with Crippen LogP contribution in [0.2, 0.25) is 5.02 Å². The Bertz CT molecular complexity index is 447. The van der Waals surface area contributed by atoms with Crippen molar-refractivity contribution < 1.29 is 9.53 Å². The summed E-state index contributed by atoms with van der Waals surface area (Å²) in [4.78, 5) is 11.8. The number of hydrogen-bond donors (Lipinski definition) is 2. The van der Waals surface area contributed by atoms with E-state index >= 15 is 0 Å². The highest BCUT2D eigenvalue weighted by atomic mass is 35.5. The summed E-state index contributed by atoms with van der Waals surface area (Å²) in [6.07, 6.45) is 0. The van der Waals surface area contributed by atoms with Crippen LogP contribution in [-0.4, -0.2) is 25.7 Å². The lowest BCUT2D eigenvalue weighted by molar-refractivity contribution is 0.0927. The molecule has 0 aliphatic heterocycles. The molecule has 4 nitrogen and oxygen atoms in total. The Morgan fingerprint density at radius 3 is 2.89 bits per heavy atom. The summed E-state index contributed by atoms with van der Waals surface area (Å²) in [5.41, 5.74) is 7.43. The predicted octanol–water partition coefficient (Wildman–Crippen LogP) is 2.24. The van der Waals surface area contributed by atoms with Crippen molar-refractivity contribution in [3.05, 3.63) is 40.9 Å². The maximum Gasteiger partial charge on any atom is 0.253 e. The van der Waals surface area contributed by atoms with E-state index in [0.29, 0.717) is 36.0 Å². The minimum Gasteiger partial charge on any atom is -0.398 e. The molecule has 0 atom stereocenters. The quantitative estimate of drug-likeness (QED) is 0.472. The van der Waals surface area contributed by atoms with Gasteiger partial charge in [-0.3, -0.25) is 4.79 Å². The highest BCUT2D eigenvalue weighted by molar-refractivity contribution is 6.31. The minimum absolute atomic E-state index is 0.233. The van der Waals surface area contributed by atoms with Crippen molar-refractivity contribution in [1.29, 1.82) is 0 Å². The van der Waals surface area contributed by atoms with Gasteiger partial charge in [-0.2, -0.15) is 0 Å². The monoisotopic (exact) mass is 268 g/mol. The van der Waals surface area contributed by atoms with Gasteiger partial charge in [0.05, 0.1) is 18.8 Å². The van der Waals surface area contributed by atoms with Crippen LogP contribution in [0.15, 0.2) is 30.4 Å². The molecule has 5 heteroatoms. The van der Waals surface area contributed by atoms with Gasteiger partial charge in [-0.15, -0.1) is 0 Å². The lowest BCUT2D eigenvalue weighted by atomic mass is 10.1. The maximum absolute atomic E-state index is 11.8. The van der Waals surface area contributed by atoms with Gasteiger partial charge in [-0.25, -0.2) is 0 Å². The number of carbonyl (C=O) groups excluding carboxylic acids is 1. The second-order valence-electron chi connectivity index (χ2n) is 4.00. The SMILES string of the molecule is C=C(C)COCCNC(=O)c1ccc(Cl)cc1N. The Morgan fingerprint density at radius 2 is 2.28 bits per heavy atom. The molecule has 1 aromatic rings. The number of nitrogens with one attached hydrogen (secondary N) is 1. The van der Waals surface area contributed by atoms with Crippen molar-refractivity contribution >= 4 is 23.2 Å². The van der Waals surface area contributed by atoms with Crippen LogP contribution in [0, 0.1) is 0 Å². The van der Waals surface area contributed by atoms with Crippen LogP contribution >= 0.6 is 11.6 Å². The number of hydrogen-bond acceptors (Lipinski definition) is 3. The molecule has 0 saturated carbocycles. The molecule has 1 amide bonds. The fraction of sp³-hybridized carbons (Fsp3) is 0.308. The zero-order valence-corrected chi connectivity index (χ0v) is 11.1. The summed E-state index contributed by atoms with van der Waals surface area (Å²) in [7, 11) is 0. The van der Waals surface area contributed by atoms with E-state index in [1.54, 1.807) is 18.2 Å². The van der Waals surface area contributed by atoms with E-state index in [0.717, 1.165) is 5.57 Å². The number of amides is 1. The number of benzene rings is 1. The third kappa shape index (κ3) is 4.77. The van der Waals surface area contributed by atoms with E-state index in [9.17, 15) is 4.79 Å². The van der Waals surface area contributed by atoms with Crippen LogP contribution in [0.5, 0.6) is 0 Å². The Morgan fingerprint density at radius 1 is 1.56 bits per heavy atom. The summed E-state index contributed by atoms with van der Waals surface area (Å²) in [6.45, 7) is 6.96. The highest BCUT2D eigenvalue weighted by Gasteiger charge is 2.08. The molecule has 98 valence electrons. The third-order valence-electron chi connectivity index (χ3n) is 2.14. The average Bonchev–Trinajstić information content (AvgIpc) is 2.27. The predicted molar refractivity (Wildman–Crippen MR) is 73.8 cm³/mol. The summed E-state index contributed by atoms with van der Waals surface area (Å²) in [5, 5.41) is 3.22. The molecule has 0 bridgehead atoms. The molecule has 0 radical (unpaired) electrons. The lowest BCUT2D eigenvalue weighted by Gasteiger charge is -2.08. The molecule has 18 heavy (non-hydrogen) atoms. The Hall–Kier alpha value is -1.52. The molecule has 0 heterocycles. The highest BCUT2D eigenvalue weighted by Crippen LogP contribution is 2.17. The van der Waals surface area contributed by atoms with Crippen molar-refractivity contribution in [2.45, 2.75) is 6.92 Å². The van der Waals surface area contributed by atoms with Gasteiger partial charge >= 0.3 is 0 Å². The van der Waals surface area contributed by atoms with Crippen LogP contribution in [-0.2, 0) is 4.74 Å². The van der Waals surface area contributed by atoms with E-state index in [4.69, 9.17) is 22.1 Å². The van der Waals surface area contributed by atoms with E-state index in [1.807, 2.05) is 6.92 Å². The van der Waals surface area contributed by atoms with Crippen LogP contribution in [0.1, 0.15) is 17.3 Å². The summed E-state index contributed by atoms with van der Waals surface area (Å²) >= 11 is 5.76. The van der Waals surface area contributed by atoms with Gasteiger partial charge < -0.3 is 15.8 Å². The summed E-state index contributed by atoms with van der Waals surface area (Å²) in [5.74, 6) is -0.233. The molecule has 0 saturated heterocycles. The molecule has 0 spiro atoms. The van der Waals surface area contributed by atoms with Gasteiger partial charge in [0.1, 0.15) is 0 Å². The van der Waals surface area contributed by atoms with Crippen LogP contribution in [0.3, 0.4) is 0 Å². The van der Waals surface area contributed by atoms with Crippen molar-refractivity contribution in [3.63, 3.8) is 0 Å². The lowest BCUT2D eigenvalue weighted by Crippen LogP contribution is -2.28. The van der Waals surface area contributed by atoms with Crippen LogP contribution in [0.25, 0.3) is 0 Å². The largest absolute Gasteiger partial charge is 0.398 e. The van der Waals surface area contributed by atoms with Crippen LogP contribution in [0.4, 0.5) is 5.69 Å². The number of ether oxygens (including phenoxy) is 1. The minimum atomic E-state index is -0.233. The number of nitrogen functional groups attached to an aromatic ring is 1. The second-order valence-corrected chi connectivity index (χ2v) is 4.43. The fourth-order valence-electron chi connectivity index (χ4n) is 1.32. The Balaban J connectivity index is 2.39. The first-order valence-electron chi connectivity index (χ1n) is 5.56. The Labute approximate surface area is 112 Å². The van der Waals surface area contributed by atoms with Gasteiger partial charge in [0.15, 0.2) is 0 Å². The van der Waals surface area contributed by atoms with Crippen molar-refractivity contribution in [3.8, 4) is 0 Å². The first-order chi connectivity index (χ1) is 8.50. The number of carbonyl (C=O) groups is 1. The molecule has 3 N–H and O–H groups in total. The van der Waals surface area contributed by atoms with Gasteiger partial charge in [-0.05, 0) is 25.1 Å². The number of rotatable bonds is 6. The van der Waals surface area contributed by atoms with Crippen LogP contribution < -0.4 is 11.1 Å². The fourth-order valence-corrected chi connectivity index (χ4v) is 1.50. The van der Waals surface area contributed by atoms with Crippen molar-refractivity contribution in [2.24, 2.45) is 0 Å². The molecule has 0 aliphatic rings. The van der Waals surface area contributed by atoms with Crippen molar-refractivity contribution in [2.75, 3.05) is 25.5 Å². The average molecular weight is 269 g/mol. The van der Waals surface area contributed by atoms with Crippen molar-refractivity contribution in [1.82, 2.24) is 5.32 Å². The number of anilines is 1. The molecule has 0 aromatic heterocycles. The smallest absolute Gasteiger partial charge is 0.253 e. The van der Waals surface area contributed by atoms with E-state index in [2.05, 4.69) is 11.9 Å². The maximum atomic E-state index is 11.8. The van der Waals surface area contributed by atoms with Gasteiger partial charge in [-0.1, -0.05) is 23.8 Å². The molecule has 1 aromatic carbocycles. The zero-order valence-electron chi connectivity index (χ0n) is 10.3. The number of nitrogens with two attached hydrogens (primary N) is 1.